The second-order valence-corrected chi connectivity index (χ2v) is 7.00. The lowest BCUT2D eigenvalue weighted by atomic mass is 9.74. The molecule has 0 aliphatic carbocycles. The van der Waals surface area contributed by atoms with Crippen molar-refractivity contribution in [3.63, 3.8) is 0 Å². The van der Waals surface area contributed by atoms with Crippen molar-refractivity contribution in [1.29, 1.82) is 0 Å². The molecule has 29 heavy (non-hydrogen) atoms. The van der Waals surface area contributed by atoms with Crippen LogP contribution in [-0.2, 0) is 10.2 Å². The van der Waals surface area contributed by atoms with E-state index < -0.39 is 0 Å². The number of rotatable bonds is 7. The fourth-order valence-corrected chi connectivity index (χ4v) is 3.61. The van der Waals surface area contributed by atoms with Crippen LogP contribution in [0.25, 0.3) is 0 Å². The minimum atomic E-state index is -0.267. The zero-order valence-corrected chi connectivity index (χ0v) is 17.1. The highest BCUT2D eigenvalue weighted by molar-refractivity contribution is 5.89. The summed E-state index contributed by atoms with van der Waals surface area (Å²) in [6.07, 6.45) is 1.69. The summed E-state index contributed by atoms with van der Waals surface area (Å²) in [5, 5.41) is 5.88. The molecule has 0 aromatic heterocycles. The highest BCUT2D eigenvalue weighted by Gasteiger charge is 2.35. The van der Waals surface area contributed by atoms with Gasteiger partial charge in [0.15, 0.2) is 11.5 Å². The van der Waals surface area contributed by atoms with Gasteiger partial charge in [-0.15, -0.1) is 0 Å². The third kappa shape index (κ3) is 4.92. The summed E-state index contributed by atoms with van der Waals surface area (Å²) < 4.78 is 21.3. The third-order valence-electron chi connectivity index (χ3n) is 5.38. The molecular weight excluding hydrogens is 372 g/mol. The molecule has 1 fully saturated rings. The van der Waals surface area contributed by atoms with E-state index in [1.54, 1.807) is 39.5 Å². The summed E-state index contributed by atoms with van der Waals surface area (Å²) in [5.74, 6) is 1.98. The number of urea groups is 1. The van der Waals surface area contributed by atoms with Crippen LogP contribution in [0.15, 0.2) is 42.5 Å². The van der Waals surface area contributed by atoms with E-state index in [9.17, 15) is 4.79 Å². The molecule has 0 radical (unpaired) electrons. The SMILES string of the molecule is COc1ccc(C2(CNC(=O)Nc3ccc(OC)c(OC)c3)CCOCC2)cc1. The van der Waals surface area contributed by atoms with Crippen LogP contribution in [0.4, 0.5) is 10.5 Å². The topological polar surface area (TPSA) is 78.1 Å². The van der Waals surface area contributed by atoms with Gasteiger partial charge in [0, 0.05) is 36.9 Å². The normalized spacial score (nSPS) is 15.3. The van der Waals surface area contributed by atoms with Crippen molar-refractivity contribution in [3.05, 3.63) is 48.0 Å². The van der Waals surface area contributed by atoms with E-state index in [1.807, 2.05) is 12.1 Å². The Kier molecular flexibility index (Phi) is 6.82. The van der Waals surface area contributed by atoms with E-state index in [0.29, 0.717) is 36.9 Å². The Morgan fingerprint density at radius 3 is 2.28 bits per heavy atom. The number of amides is 2. The fourth-order valence-electron chi connectivity index (χ4n) is 3.61. The van der Waals surface area contributed by atoms with Gasteiger partial charge in [-0.25, -0.2) is 4.79 Å². The van der Waals surface area contributed by atoms with Gasteiger partial charge in [-0.2, -0.15) is 0 Å². The van der Waals surface area contributed by atoms with Gasteiger partial charge in [-0.1, -0.05) is 12.1 Å². The summed E-state index contributed by atoms with van der Waals surface area (Å²) in [7, 11) is 4.79. The molecule has 7 nitrogen and oxygen atoms in total. The van der Waals surface area contributed by atoms with Gasteiger partial charge in [0.1, 0.15) is 5.75 Å². The Morgan fingerprint density at radius 2 is 1.66 bits per heavy atom. The molecule has 2 aromatic rings. The first kappa shape index (κ1) is 20.8. The van der Waals surface area contributed by atoms with Crippen molar-refractivity contribution in [2.75, 3.05) is 46.4 Å². The molecule has 0 atom stereocenters. The van der Waals surface area contributed by atoms with Gasteiger partial charge in [0.05, 0.1) is 21.3 Å². The number of carbonyl (C=O) groups is 1. The van der Waals surface area contributed by atoms with Crippen LogP contribution in [-0.4, -0.2) is 47.1 Å². The highest BCUT2D eigenvalue weighted by atomic mass is 16.5. The van der Waals surface area contributed by atoms with Gasteiger partial charge in [0.25, 0.3) is 0 Å². The number of ether oxygens (including phenoxy) is 4. The highest BCUT2D eigenvalue weighted by Crippen LogP contribution is 2.35. The second kappa shape index (κ2) is 9.52. The fraction of sp³-hybridized carbons (Fsp3) is 0.409. The van der Waals surface area contributed by atoms with Crippen LogP contribution in [0, 0.1) is 0 Å². The molecule has 2 N–H and O–H groups in total. The summed E-state index contributed by atoms with van der Waals surface area (Å²) in [6.45, 7) is 1.86. The number of benzene rings is 2. The van der Waals surface area contributed by atoms with E-state index in [2.05, 4.69) is 22.8 Å². The number of hydrogen-bond acceptors (Lipinski definition) is 5. The number of carbonyl (C=O) groups excluding carboxylic acids is 1. The summed E-state index contributed by atoms with van der Waals surface area (Å²) in [6, 6.07) is 13.0. The van der Waals surface area contributed by atoms with Crippen molar-refractivity contribution in [3.8, 4) is 17.2 Å². The minimum Gasteiger partial charge on any atom is -0.497 e. The third-order valence-corrected chi connectivity index (χ3v) is 5.38. The first-order chi connectivity index (χ1) is 14.1. The molecule has 0 spiro atoms. The average Bonchev–Trinajstić information content (AvgIpc) is 2.78. The van der Waals surface area contributed by atoms with Gasteiger partial charge >= 0.3 is 6.03 Å². The van der Waals surface area contributed by atoms with Crippen LogP contribution >= 0.6 is 0 Å². The van der Waals surface area contributed by atoms with Crippen LogP contribution in [0.3, 0.4) is 0 Å². The monoisotopic (exact) mass is 400 g/mol. The van der Waals surface area contributed by atoms with Crippen molar-refractivity contribution >= 4 is 11.7 Å². The number of methoxy groups -OCH3 is 3. The maximum atomic E-state index is 12.5. The van der Waals surface area contributed by atoms with E-state index >= 15 is 0 Å². The quantitative estimate of drug-likeness (QED) is 0.743. The Labute approximate surface area is 171 Å². The van der Waals surface area contributed by atoms with E-state index in [0.717, 1.165) is 18.6 Å². The lowest BCUT2D eigenvalue weighted by Crippen LogP contribution is -2.45. The van der Waals surface area contributed by atoms with E-state index in [4.69, 9.17) is 18.9 Å². The maximum absolute atomic E-state index is 12.5. The summed E-state index contributed by atoms with van der Waals surface area (Å²) >= 11 is 0. The second-order valence-electron chi connectivity index (χ2n) is 7.00. The molecule has 1 heterocycles. The molecular formula is C22H28N2O5. The maximum Gasteiger partial charge on any atom is 0.319 e. The molecule has 0 unspecified atom stereocenters. The minimum absolute atomic E-state index is 0.167. The van der Waals surface area contributed by atoms with E-state index in [-0.39, 0.29) is 11.4 Å². The van der Waals surface area contributed by atoms with Gasteiger partial charge in [-0.05, 0) is 42.7 Å². The molecule has 0 saturated carbocycles. The largest absolute Gasteiger partial charge is 0.497 e. The Bertz CT molecular complexity index is 816. The van der Waals surface area contributed by atoms with Crippen LogP contribution in [0.1, 0.15) is 18.4 Å². The predicted octanol–water partition coefficient (Wildman–Crippen LogP) is 3.58. The van der Waals surface area contributed by atoms with Crippen LogP contribution < -0.4 is 24.8 Å². The zero-order valence-electron chi connectivity index (χ0n) is 17.1. The molecule has 7 heteroatoms. The van der Waals surface area contributed by atoms with Crippen LogP contribution in [0.2, 0.25) is 0 Å². The molecule has 1 aliphatic heterocycles. The molecule has 1 aliphatic rings. The smallest absolute Gasteiger partial charge is 0.319 e. The van der Waals surface area contributed by atoms with Gasteiger partial charge in [-0.3, -0.25) is 0 Å². The number of nitrogens with one attached hydrogen (secondary N) is 2. The molecule has 1 saturated heterocycles. The lowest BCUT2D eigenvalue weighted by molar-refractivity contribution is 0.0508. The van der Waals surface area contributed by atoms with Gasteiger partial charge in [0.2, 0.25) is 0 Å². The zero-order chi connectivity index (χ0) is 20.7. The van der Waals surface area contributed by atoms with Crippen LogP contribution in [0.5, 0.6) is 17.2 Å². The van der Waals surface area contributed by atoms with Crippen molar-refractivity contribution < 1.29 is 23.7 Å². The Balaban J connectivity index is 1.68. The van der Waals surface area contributed by atoms with Crippen molar-refractivity contribution in [1.82, 2.24) is 5.32 Å². The first-order valence-electron chi connectivity index (χ1n) is 9.59. The molecule has 3 rings (SSSR count). The summed E-state index contributed by atoms with van der Waals surface area (Å²) in [5.41, 5.74) is 1.64. The molecule has 0 bridgehead atoms. The Morgan fingerprint density at radius 1 is 0.966 bits per heavy atom. The van der Waals surface area contributed by atoms with Gasteiger partial charge < -0.3 is 29.6 Å². The van der Waals surface area contributed by atoms with E-state index in [1.165, 1.54) is 5.56 Å². The predicted molar refractivity (Wildman–Crippen MR) is 111 cm³/mol. The standard InChI is InChI=1S/C22H28N2O5/c1-26-18-7-4-16(5-8-18)22(10-12-29-13-11-22)15-23-21(25)24-17-6-9-19(27-2)20(14-17)28-3/h4-9,14H,10-13,15H2,1-3H3,(H2,23,24,25). The average molecular weight is 400 g/mol. The first-order valence-corrected chi connectivity index (χ1v) is 9.59. The number of anilines is 1. The lowest BCUT2D eigenvalue weighted by Gasteiger charge is -2.38. The Hall–Kier alpha value is -2.93. The number of hydrogen-bond donors (Lipinski definition) is 2. The van der Waals surface area contributed by atoms with Crippen molar-refractivity contribution in [2.45, 2.75) is 18.3 Å². The molecule has 156 valence electrons. The molecule has 2 amide bonds. The van der Waals surface area contributed by atoms with Crippen molar-refractivity contribution in [2.24, 2.45) is 0 Å². The molecule has 2 aromatic carbocycles. The summed E-state index contributed by atoms with van der Waals surface area (Å²) in [4.78, 5) is 12.5.